The standard InChI is InChI=1S/C36H41F2N4O7PS/c1-35(2,3)31(39-32(44)29-21-24-19-25(13-15-28(24)51-29)36(37,38)50(47,48)49)34(46)42-17-8-11-27(42)33(45)41(18-16-30(43)40(4)5)26-14-12-22-9-6-7-10-23(22)20-26/h6-7,9-10,12-15,19-21,27,31H,8,11,16-18H2,1-5H3,(H,39,44)(H2,47,48,49)/t27-,31?/m0/s1. The number of amides is 4. The molecule has 11 nitrogen and oxygen atoms in total. The fourth-order valence-electron chi connectivity index (χ4n) is 6.14. The van der Waals surface area contributed by atoms with Gasteiger partial charge in [-0.1, -0.05) is 57.2 Å². The highest BCUT2D eigenvalue weighted by Gasteiger charge is 2.50. The van der Waals surface area contributed by atoms with Gasteiger partial charge < -0.3 is 29.8 Å². The van der Waals surface area contributed by atoms with Crippen LogP contribution in [0.5, 0.6) is 0 Å². The molecule has 0 radical (unpaired) electrons. The molecule has 2 atom stereocenters. The Labute approximate surface area is 298 Å². The highest BCUT2D eigenvalue weighted by atomic mass is 32.1. The van der Waals surface area contributed by atoms with Crippen molar-refractivity contribution in [3.05, 3.63) is 77.2 Å². The molecule has 1 aliphatic rings. The van der Waals surface area contributed by atoms with Crippen molar-refractivity contribution in [2.75, 3.05) is 32.1 Å². The third-order valence-electron chi connectivity index (χ3n) is 9.02. The Hall–Kier alpha value is -4.23. The van der Waals surface area contributed by atoms with Gasteiger partial charge in [-0.15, -0.1) is 11.3 Å². The van der Waals surface area contributed by atoms with E-state index in [-0.39, 0.29) is 41.6 Å². The fraction of sp³-hybridized carbons (Fsp3) is 0.389. The molecule has 5 rings (SSSR count). The lowest BCUT2D eigenvalue weighted by molar-refractivity contribution is -0.141. The maximum absolute atomic E-state index is 14.4. The Kier molecular flexibility index (Phi) is 10.7. The van der Waals surface area contributed by atoms with E-state index in [1.807, 2.05) is 42.5 Å². The van der Waals surface area contributed by atoms with E-state index in [4.69, 9.17) is 9.79 Å². The first-order chi connectivity index (χ1) is 23.8. The lowest BCUT2D eigenvalue weighted by Crippen LogP contribution is -2.58. The van der Waals surface area contributed by atoms with Crippen LogP contribution in [0.4, 0.5) is 14.5 Å². The summed E-state index contributed by atoms with van der Waals surface area (Å²) in [6, 6.07) is 15.8. The van der Waals surface area contributed by atoms with Crippen LogP contribution in [0.15, 0.2) is 66.7 Å². The van der Waals surface area contributed by atoms with E-state index in [0.29, 0.717) is 23.2 Å². The van der Waals surface area contributed by atoms with Crippen molar-refractivity contribution in [3.8, 4) is 0 Å². The molecule has 0 aliphatic carbocycles. The number of anilines is 1. The second-order valence-electron chi connectivity index (χ2n) is 14.0. The summed E-state index contributed by atoms with van der Waals surface area (Å²) in [7, 11) is -2.51. The number of hydrogen-bond acceptors (Lipinski definition) is 6. The van der Waals surface area contributed by atoms with Gasteiger partial charge >= 0.3 is 13.3 Å². The Morgan fingerprint density at radius 2 is 1.67 bits per heavy atom. The summed E-state index contributed by atoms with van der Waals surface area (Å²) in [6.45, 7) is 5.70. The molecule has 2 heterocycles. The van der Waals surface area contributed by atoms with Crippen molar-refractivity contribution >= 4 is 69.1 Å². The van der Waals surface area contributed by atoms with E-state index in [0.717, 1.165) is 34.2 Å². The molecule has 0 bridgehead atoms. The highest BCUT2D eigenvalue weighted by molar-refractivity contribution is 7.52. The van der Waals surface area contributed by atoms with Crippen molar-refractivity contribution in [2.24, 2.45) is 5.41 Å². The zero-order valence-corrected chi connectivity index (χ0v) is 30.6. The van der Waals surface area contributed by atoms with E-state index >= 15 is 0 Å². The Morgan fingerprint density at radius 3 is 2.31 bits per heavy atom. The van der Waals surface area contributed by atoms with E-state index in [1.54, 1.807) is 39.8 Å². The van der Waals surface area contributed by atoms with Gasteiger partial charge in [0.15, 0.2) is 0 Å². The number of alkyl halides is 2. The summed E-state index contributed by atoms with van der Waals surface area (Å²) >= 11 is 0.979. The van der Waals surface area contributed by atoms with Crippen LogP contribution in [0, 0.1) is 5.41 Å². The number of benzene rings is 3. The quantitative estimate of drug-likeness (QED) is 0.171. The van der Waals surface area contributed by atoms with E-state index in [2.05, 4.69) is 5.32 Å². The molecule has 51 heavy (non-hydrogen) atoms. The van der Waals surface area contributed by atoms with Gasteiger partial charge in [-0.2, -0.15) is 8.78 Å². The van der Waals surface area contributed by atoms with Gasteiger partial charge in [0.05, 0.1) is 4.88 Å². The van der Waals surface area contributed by atoms with Crippen LogP contribution in [0.1, 0.15) is 55.3 Å². The third-order valence-corrected chi connectivity index (χ3v) is 11.1. The zero-order chi connectivity index (χ0) is 37.5. The SMILES string of the molecule is CN(C)C(=O)CCN(C(=O)[C@@H]1CCCN1C(=O)C(NC(=O)c1cc2cc(C(F)(F)P(=O)(O)O)ccc2s1)C(C)(C)C)c1ccc2ccccc2c1. The van der Waals surface area contributed by atoms with Gasteiger partial charge in [-0.3, -0.25) is 23.7 Å². The minimum absolute atomic E-state index is 0.0700. The maximum Gasteiger partial charge on any atom is 0.399 e. The molecule has 15 heteroatoms. The second-order valence-corrected chi connectivity index (χ2v) is 16.7. The number of carbonyl (C=O) groups is 4. The zero-order valence-electron chi connectivity index (χ0n) is 28.9. The highest BCUT2D eigenvalue weighted by Crippen LogP contribution is 2.59. The minimum Gasteiger partial charge on any atom is -0.349 e. The molecule has 1 aromatic heterocycles. The number of carbonyl (C=O) groups excluding carboxylic acids is 4. The van der Waals surface area contributed by atoms with Gasteiger partial charge in [-0.05, 0) is 64.7 Å². The molecule has 3 aromatic carbocycles. The molecular weight excluding hydrogens is 701 g/mol. The first kappa shape index (κ1) is 38.0. The van der Waals surface area contributed by atoms with Gasteiger partial charge in [0.1, 0.15) is 12.1 Å². The van der Waals surface area contributed by atoms with Crippen LogP contribution in [-0.4, -0.2) is 82.5 Å². The molecular formula is C36H41F2N4O7PS. The average Bonchev–Trinajstić information content (AvgIpc) is 3.73. The number of likely N-dealkylation sites (tertiary alicyclic amines) is 1. The number of thiophene rings is 1. The number of halogens is 2. The van der Waals surface area contributed by atoms with Gasteiger partial charge in [-0.25, -0.2) is 0 Å². The van der Waals surface area contributed by atoms with Crippen LogP contribution in [0.3, 0.4) is 0 Å². The third kappa shape index (κ3) is 7.99. The molecule has 1 fully saturated rings. The minimum atomic E-state index is -5.79. The second kappa shape index (κ2) is 14.4. The van der Waals surface area contributed by atoms with Crippen LogP contribution >= 0.6 is 18.9 Å². The van der Waals surface area contributed by atoms with Gasteiger partial charge in [0.2, 0.25) is 17.7 Å². The molecule has 0 saturated carbocycles. The predicted molar refractivity (Wildman–Crippen MR) is 193 cm³/mol. The molecule has 272 valence electrons. The average molecular weight is 743 g/mol. The Balaban J connectivity index is 1.40. The van der Waals surface area contributed by atoms with Crippen LogP contribution in [0.25, 0.3) is 20.9 Å². The molecule has 4 amide bonds. The van der Waals surface area contributed by atoms with Crippen molar-refractivity contribution in [2.45, 2.75) is 57.8 Å². The van der Waals surface area contributed by atoms with Gasteiger partial charge in [0.25, 0.3) is 5.91 Å². The monoisotopic (exact) mass is 742 g/mol. The number of nitrogens with zero attached hydrogens (tertiary/aromatic N) is 3. The lowest BCUT2D eigenvalue weighted by Gasteiger charge is -2.36. The molecule has 3 N–H and O–H groups in total. The van der Waals surface area contributed by atoms with E-state index < -0.39 is 48.1 Å². The first-order valence-electron chi connectivity index (χ1n) is 16.4. The van der Waals surface area contributed by atoms with E-state index in [9.17, 15) is 32.5 Å². The first-order valence-corrected chi connectivity index (χ1v) is 18.8. The number of fused-ring (bicyclic) bond motifs is 2. The molecule has 1 unspecified atom stereocenters. The summed E-state index contributed by atoms with van der Waals surface area (Å²) < 4.78 is 40.6. The largest absolute Gasteiger partial charge is 0.399 e. The van der Waals surface area contributed by atoms with Crippen molar-refractivity contribution in [1.29, 1.82) is 0 Å². The molecule has 0 spiro atoms. The number of nitrogens with one attached hydrogen (secondary N) is 1. The lowest BCUT2D eigenvalue weighted by atomic mass is 9.85. The van der Waals surface area contributed by atoms with Gasteiger partial charge in [0, 0.05) is 49.6 Å². The normalized spacial score (nSPS) is 15.9. The topological polar surface area (TPSA) is 148 Å². The van der Waals surface area contributed by atoms with Crippen LogP contribution in [0.2, 0.25) is 0 Å². The van der Waals surface area contributed by atoms with Crippen molar-refractivity contribution in [3.63, 3.8) is 0 Å². The van der Waals surface area contributed by atoms with Crippen molar-refractivity contribution < 1.29 is 42.3 Å². The Bertz CT molecular complexity index is 2040. The maximum atomic E-state index is 14.4. The van der Waals surface area contributed by atoms with Crippen LogP contribution in [-0.2, 0) is 24.6 Å². The summed E-state index contributed by atoms with van der Waals surface area (Å²) in [5.41, 5.74) is -5.51. The summed E-state index contributed by atoms with van der Waals surface area (Å²) in [5.74, 6) is -1.60. The molecule has 1 saturated heterocycles. The summed E-state index contributed by atoms with van der Waals surface area (Å²) in [4.78, 5) is 77.8. The molecule has 4 aromatic rings. The number of rotatable bonds is 10. The predicted octanol–water partition coefficient (Wildman–Crippen LogP) is 5.93. The van der Waals surface area contributed by atoms with Crippen LogP contribution < -0.4 is 10.2 Å². The summed E-state index contributed by atoms with van der Waals surface area (Å²) in [5, 5.41) is 4.88. The van der Waals surface area contributed by atoms with E-state index in [1.165, 1.54) is 21.9 Å². The fourth-order valence-corrected chi connectivity index (χ4v) is 7.56. The Morgan fingerprint density at radius 1 is 0.980 bits per heavy atom. The summed E-state index contributed by atoms with van der Waals surface area (Å²) in [6.07, 6.45) is 1.01. The number of hydrogen-bond donors (Lipinski definition) is 3. The van der Waals surface area contributed by atoms with Crippen molar-refractivity contribution in [1.82, 2.24) is 15.1 Å². The smallest absolute Gasteiger partial charge is 0.349 e. The molecule has 1 aliphatic heterocycles.